The van der Waals surface area contributed by atoms with E-state index in [1.165, 1.54) is 18.0 Å². The van der Waals surface area contributed by atoms with E-state index in [1.54, 1.807) is 19.2 Å². The highest BCUT2D eigenvalue weighted by molar-refractivity contribution is 8.04. The Morgan fingerprint density at radius 1 is 1.24 bits per heavy atom. The topological polar surface area (TPSA) is 165 Å². The van der Waals surface area contributed by atoms with Crippen LogP contribution in [0.2, 0.25) is 0 Å². The fraction of sp³-hybridized carbons (Fsp3) is 0.750. The molecule has 1 aromatic rings. The van der Waals surface area contributed by atoms with Gasteiger partial charge in [0.25, 0.3) is 0 Å². The zero-order chi connectivity index (χ0) is 27.3. The Hall–Kier alpha value is -1.62. The van der Waals surface area contributed by atoms with E-state index in [9.17, 15) is 9.83 Å². The highest BCUT2D eigenvalue weighted by Gasteiger charge is 2.57. The van der Waals surface area contributed by atoms with Gasteiger partial charge < -0.3 is 34.0 Å². The van der Waals surface area contributed by atoms with Crippen molar-refractivity contribution in [2.45, 2.75) is 89.7 Å². The van der Waals surface area contributed by atoms with E-state index >= 15 is 0 Å². The van der Waals surface area contributed by atoms with Gasteiger partial charge in [0.2, 0.25) is 17.9 Å². The van der Waals surface area contributed by atoms with Crippen molar-refractivity contribution in [3.05, 3.63) is 11.4 Å². The first kappa shape index (κ1) is 29.4. The van der Waals surface area contributed by atoms with Gasteiger partial charge in [0, 0.05) is 18.0 Å². The van der Waals surface area contributed by atoms with E-state index in [4.69, 9.17) is 28.7 Å². The first-order valence-corrected chi connectivity index (χ1v) is 16.0. The van der Waals surface area contributed by atoms with Crippen LogP contribution in [0.25, 0.3) is 0 Å². The minimum absolute atomic E-state index is 0.0236. The van der Waals surface area contributed by atoms with Crippen LogP contribution in [0.5, 0.6) is 0 Å². The van der Waals surface area contributed by atoms with E-state index in [0.29, 0.717) is 36.2 Å². The Labute approximate surface area is 227 Å². The van der Waals surface area contributed by atoms with E-state index in [-0.39, 0.29) is 29.6 Å². The molecule has 3 heterocycles. The van der Waals surface area contributed by atoms with Gasteiger partial charge in [0.05, 0.1) is 18.7 Å². The van der Waals surface area contributed by atoms with Crippen LogP contribution in [-0.2, 0) is 27.8 Å². The minimum atomic E-state index is -3.19. The summed E-state index contributed by atoms with van der Waals surface area (Å²) < 4.78 is 42.4. The van der Waals surface area contributed by atoms with Gasteiger partial charge in [-0.3, -0.25) is 9.88 Å². The summed E-state index contributed by atoms with van der Waals surface area (Å²) >= 11 is 1.43. The van der Waals surface area contributed by atoms with Crippen LogP contribution < -0.4 is 10.6 Å². The number of nitrogens with one attached hydrogen (secondary N) is 2. The predicted octanol–water partition coefficient (Wildman–Crippen LogP) is 3.10. The van der Waals surface area contributed by atoms with Gasteiger partial charge in [-0.25, -0.2) is 4.98 Å². The normalized spacial score (nSPS) is 26.8. The van der Waals surface area contributed by atoms with Crippen molar-refractivity contribution in [2.75, 3.05) is 29.8 Å². The number of hydrogen-bond donors (Lipinski definition) is 3. The molecule has 210 valence electrons. The molecule has 1 aromatic heterocycles. The van der Waals surface area contributed by atoms with E-state index in [1.807, 2.05) is 19.9 Å². The number of quaternary nitrogens is 1. The number of nitriles is 1. The molecule has 2 aliphatic heterocycles. The van der Waals surface area contributed by atoms with Gasteiger partial charge in [0.1, 0.15) is 29.7 Å². The van der Waals surface area contributed by atoms with Gasteiger partial charge in [-0.2, -0.15) is 10.2 Å². The van der Waals surface area contributed by atoms with E-state index in [2.05, 4.69) is 15.3 Å². The Balaban J connectivity index is 1.51. The summed E-state index contributed by atoms with van der Waals surface area (Å²) in [5.74, 6) is 0.639. The molecule has 4 N–H and O–H groups in total. The minimum Gasteiger partial charge on any atom is -0.366 e. The lowest BCUT2D eigenvalue weighted by Crippen LogP contribution is -2.88. The van der Waals surface area contributed by atoms with Crippen molar-refractivity contribution in [1.82, 2.24) is 9.97 Å². The second kappa shape index (κ2) is 12.7. The number of anilines is 1. The number of hydrogen-bond acceptors (Lipinski definition) is 12. The maximum Gasteiger partial charge on any atom is 0.340 e. The molecule has 38 heavy (non-hydrogen) atoms. The summed E-state index contributed by atoms with van der Waals surface area (Å²) in [6.07, 6.45) is 3.90. The van der Waals surface area contributed by atoms with Crippen LogP contribution in [0, 0.1) is 16.7 Å². The highest BCUT2D eigenvalue weighted by Crippen LogP contribution is 2.51. The molecule has 4 unspecified atom stereocenters. The summed E-state index contributed by atoms with van der Waals surface area (Å²) in [5, 5.41) is 22.8. The van der Waals surface area contributed by atoms with Crippen LogP contribution >= 0.6 is 19.4 Å². The SMILES string of the molecule is CCOP(=O)(CSCC1OC([NH2+]c2nc(C#N)nc(NC3CCCC3)c2C=N)C2OC(C)(C)OC12)OCC. The van der Waals surface area contributed by atoms with Gasteiger partial charge in [-0.05, 0) is 40.5 Å². The van der Waals surface area contributed by atoms with Crippen molar-refractivity contribution in [3.63, 3.8) is 0 Å². The van der Waals surface area contributed by atoms with Gasteiger partial charge in [-0.1, -0.05) is 12.8 Å². The van der Waals surface area contributed by atoms with Crippen molar-refractivity contribution in [2.24, 2.45) is 0 Å². The summed E-state index contributed by atoms with van der Waals surface area (Å²) in [4.78, 5) is 8.76. The average Bonchev–Trinajstić information content (AvgIpc) is 3.56. The number of thioether (sulfide) groups is 1. The first-order valence-electron chi connectivity index (χ1n) is 13.1. The molecule has 12 nitrogen and oxygen atoms in total. The molecule has 0 spiro atoms. The number of ether oxygens (including phenoxy) is 3. The molecular weight excluding hydrogens is 531 g/mol. The molecule has 3 aliphatic rings. The van der Waals surface area contributed by atoms with Crippen LogP contribution in [0.3, 0.4) is 0 Å². The number of fused-ring (bicyclic) bond motifs is 1. The molecular formula is C24H38N6O6PS+. The maximum atomic E-state index is 12.9. The molecule has 0 radical (unpaired) electrons. The van der Waals surface area contributed by atoms with E-state index in [0.717, 1.165) is 25.7 Å². The Morgan fingerprint density at radius 3 is 2.55 bits per heavy atom. The van der Waals surface area contributed by atoms with Crippen molar-refractivity contribution >= 4 is 37.2 Å². The summed E-state index contributed by atoms with van der Waals surface area (Å²) in [6.45, 7) is 7.90. The molecule has 3 fully saturated rings. The second-order valence-corrected chi connectivity index (χ2v) is 13.4. The lowest BCUT2D eigenvalue weighted by atomic mass is 10.1. The third kappa shape index (κ3) is 6.92. The molecule has 0 aromatic carbocycles. The molecule has 2 saturated heterocycles. The predicted molar refractivity (Wildman–Crippen MR) is 143 cm³/mol. The van der Waals surface area contributed by atoms with Gasteiger partial charge in [-0.15, -0.1) is 11.8 Å². The highest BCUT2D eigenvalue weighted by atomic mass is 32.2. The van der Waals surface area contributed by atoms with E-state index < -0.39 is 25.7 Å². The summed E-state index contributed by atoms with van der Waals surface area (Å²) in [7, 11) is -3.19. The molecule has 4 atom stereocenters. The quantitative estimate of drug-likeness (QED) is 0.236. The van der Waals surface area contributed by atoms with Crippen molar-refractivity contribution in [3.8, 4) is 6.07 Å². The standard InChI is InChI=1S/C24H37N6O6PS/c1-5-32-37(31,33-6-2)14-38-13-17-19-20(36-24(3,4)35-19)23(34-17)30-22-16(11-25)21(28-18(12-26)29-22)27-15-9-7-8-10-15/h11,15,17,19-20,23,25H,5-10,13-14H2,1-4H3,(H2,27,28,29,30)/p+1. The van der Waals surface area contributed by atoms with Gasteiger partial charge >= 0.3 is 7.60 Å². The molecule has 0 amide bonds. The van der Waals surface area contributed by atoms with Crippen LogP contribution in [0.1, 0.15) is 64.8 Å². The number of aromatic nitrogens is 2. The largest absolute Gasteiger partial charge is 0.366 e. The molecule has 4 rings (SSSR count). The third-order valence-corrected chi connectivity index (χ3v) is 10.5. The first-order chi connectivity index (χ1) is 18.2. The number of rotatable bonds is 13. The Morgan fingerprint density at radius 2 is 1.92 bits per heavy atom. The zero-order valence-corrected chi connectivity index (χ0v) is 24.1. The molecule has 14 heteroatoms. The summed E-state index contributed by atoms with van der Waals surface area (Å²) in [6, 6.07) is 2.29. The van der Waals surface area contributed by atoms with Crippen LogP contribution in [-0.4, -0.2) is 77.0 Å². The zero-order valence-electron chi connectivity index (χ0n) is 22.3. The molecule has 0 bridgehead atoms. The summed E-state index contributed by atoms with van der Waals surface area (Å²) in [5.41, 5.74) is 0.706. The van der Waals surface area contributed by atoms with Crippen LogP contribution in [0.15, 0.2) is 0 Å². The average molecular weight is 570 g/mol. The molecule has 1 aliphatic carbocycles. The lowest BCUT2D eigenvalue weighted by Gasteiger charge is -2.24. The molecule has 1 saturated carbocycles. The smallest absolute Gasteiger partial charge is 0.340 e. The van der Waals surface area contributed by atoms with Gasteiger partial charge in [0.15, 0.2) is 11.9 Å². The second-order valence-electron chi connectivity index (χ2n) is 9.89. The fourth-order valence-corrected chi connectivity index (χ4v) is 8.38. The Kier molecular flexibility index (Phi) is 9.82. The fourth-order valence-electron chi connectivity index (χ4n) is 5.10. The van der Waals surface area contributed by atoms with Crippen LogP contribution in [0.4, 0.5) is 11.6 Å². The van der Waals surface area contributed by atoms with Crippen molar-refractivity contribution < 1.29 is 33.1 Å². The van der Waals surface area contributed by atoms with Crippen molar-refractivity contribution in [1.29, 1.82) is 10.7 Å². The Bertz CT molecular complexity index is 1070. The monoisotopic (exact) mass is 569 g/mol. The lowest BCUT2D eigenvalue weighted by molar-refractivity contribution is -0.664. The maximum absolute atomic E-state index is 12.9. The number of nitrogens with zero attached hydrogens (tertiary/aromatic N) is 3. The number of nitrogens with two attached hydrogens (primary N) is 1. The third-order valence-electron chi connectivity index (χ3n) is 6.61.